The fraction of sp³-hybridized carbons (Fsp3) is 0.214. The lowest BCUT2D eigenvalue weighted by Crippen LogP contribution is -2.41. The van der Waals surface area contributed by atoms with Crippen LogP contribution in [0.3, 0.4) is 0 Å². The van der Waals surface area contributed by atoms with Crippen LogP contribution in [0.5, 0.6) is 11.5 Å². The zero-order valence-electron chi connectivity index (χ0n) is 20.3. The van der Waals surface area contributed by atoms with Crippen LogP contribution < -0.4 is 20.1 Å². The van der Waals surface area contributed by atoms with Gasteiger partial charge in [0.05, 0.1) is 25.7 Å². The average Bonchev–Trinajstić information content (AvgIpc) is 3.29. The highest BCUT2D eigenvalue weighted by Crippen LogP contribution is 2.44. The van der Waals surface area contributed by atoms with Crippen LogP contribution in [0.25, 0.3) is 11.1 Å². The lowest BCUT2D eigenvalue weighted by Gasteiger charge is -2.38. The number of hydrogen-bond donors (Lipinski definition) is 2. The number of H-pyrrole nitrogens is 1. The van der Waals surface area contributed by atoms with Crippen molar-refractivity contribution in [2.45, 2.75) is 32.4 Å². The molecule has 184 valence electrons. The van der Waals surface area contributed by atoms with Gasteiger partial charge >= 0.3 is 0 Å². The van der Waals surface area contributed by atoms with Crippen LogP contribution in [0.15, 0.2) is 66.9 Å². The molecule has 2 heterocycles. The number of carbonyl (C=O) groups is 1. The number of halogens is 1. The van der Waals surface area contributed by atoms with Crippen molar-refractivity contribution in [2.24, 2.45) is 0 Å². The van der Waals surface area contributed by atoms with Crippen LogP contribution in [0.4, 0.5) is 11.5 Å². The van der Waals surface area contributed by atoms with Gasteiger partial charge < -0.3 is 20.1 Å². The molecule has 0 bridgehead atoms. The highest BCUT2D eigenvalue weighted by atomic mass is 35.5. The number of fused-ring (bicyclic) bond motifs is 1. The van der Waals surface area contributed by atoms with Crippen LogP contribution in [-0.4, -0.2) is 29.3 Å². The van der Waals surface area contributed by atoms with E-state index < -0.39 is 0 Å². The smallest absolute Gasteiger partial charge is 0.232 e. The van der Waals surface area contributed by atoms with E-state index in [1.807, 2.05) is 79.4 Å². The lowest BCUT2D eigenvalue weighted by molar-refractivity contribution is -0.118. The third-order valence-electron chi connectivity index (χ3n) is 6.26. The molecule has 0 saturated heterocycles. The quantitative estimate of drug-likeness (QED) is 0.348. The molecule has 8 heteroatoms. The summed E-state index contributed by atoms with van der Waals surface area (Å²) in [5.41, 5.74) is 11.3. The minimum absolute atomic E-state index is 0.0161. The zero-order valence-corrected chi connectivity index (χ0v) is 21.0. The van der Waals surface area contributed by atoms with Gasteiger partial charge in [-0.25, -0.2) is 0 Å². The summed E-state index contributed by atoms with van der Waals surface area (Å²) in [7, 11) is 1.61. The molecule has 5 rings (SSSR count). The van der Waals surface area contributed by atoms with Gasteiger partial charge in [-0.2, -0.15) is 5.10 Å². The second kappa shape index (κ2) is 9.59. The minimum Gasteiger partial charge on any atom is -0.493 e. The van der Waals surface area contributed by atoms with Crippen LogP contribution in [0, 0.1) is 0 Å². The molecular weight excluding hydrogens is 476 g/mol. The Morgan fingerprint density at radius 1 is 1.08 bits per heavy atom. The van der Waals surface area contributed by atoms with E-state index >= 15 is 0 Å². The third-order valence-corrected chi connectivity index (χ3v) is 6.52. The maximum Gasteiger partial charge on any atom is 0.232 e. The van der Waals surface area contributed by atoms with Gasteiger partial charge in [-0.1, -0.05) is 35.9 Å². The third kappa shape index (κ3) is 4.38. The van der Waals surface area contributed by atoms with Crippen molar-refractivity contribution in [1.82, 2.24) is 10.2 Å². The topological polar surface area (TPSA) is 93.5 Å². The average molecular weight is 503 g/mol. The number of nitrogen functional groups attached to an aromatic ring is 1. The molecule has 1 aromatic heterocycles. The van der Waals surface area contributed by atoms with Crippen molar-refractivity contribution < 1.29 is 14.3 Å². The molecule has 1 amide bonds. The van der Waals surface area contributed by atoms with Gasteiger partial charge in [0.2, 0.25) is 5.91 Å². The molecule has 0 spiro atoms. The number of nitrogens with two attached hydrogens (primary N) is 1. The number of nitrogens with one attached hydrogen (secondary N) is 1. The first-order valence-corrected chi connectivity index (χ1v) is 12.1. The number of nitrogens with zero attached hydrogens (tertiary/aromatic N) is 2. The molecule has 7 nitrogen and oxygen atoms in total. The molecule has 36 heavy (non-hydrogen) atoms. The predicted molar refractivity (Wildman–Crippen MR) is 142 cm³/mol. The molecule has 1 aliphatic rings. The van der Waals surface area contributed by atoms with E-state index in [1.54, 1.807) is 13.3 Å². The first-order chi connectivity index (χ1) is 17.4. The summed E-state index contributed by atoms with van der Waals surface area (Å²) >= 11 is 6.20. The summed E-state index contributed by atoms with van der Waals surface area (Å²) in [6.45, 7) is 3.94. The number of anilines is 2. The van der Waals surface area contributed by atoms with Gasteiger partial charge in [0, 0.05) is 22.5 Å². The number of aromatic amines is 1. The molecule has 3 aromatic carbocycles. The maximum absolute atomic E-state index is 13.6. The van der Waals surface area contributed by atoms with E-state index in [1.165, 1.54) is 0 Å². The van der Waals surface area contributed by atoms with Gasteiger partial charge in [0.15, 0.2) is 17.3 Å². The standard InChI is InChI=1S/C28H27ClN4O3/c1-16(2)36-25-14-22-19(12-24(25)35-3)13-26(34)33(27(22)18-4-8-20(29)9-5-18)21-10-6-17(7-11-21)23-15-31-32-28(23)30/h4-12,14-16,27H,13H2,1-3H3,(H3,30,31,32)/t27-/m0/s1. The van der Waals surface area contributed by atoms with E-state index in [0.29, 0.717) is 22.3 Å². The molecule has 0 saturated carbocycles. The van der Waals surface area contributed by atoms with Gasteiger partial charge in [-0.15, -0.1) is 0 Å². The first-order valence-electron chi connectivity index (χ1n) is 11.7. The number of benzene rings is 3. The van der Waals surface area contributed by atoms with Gasteiger partial charge in [0.1, 0.15) is 0 Å². The largest absolute Gasteiger partial charge is 0.493 e. The highest BCUT2D eigenvalue weighted by Gasteiger charge is 2.36. The Hall–Kier alpha value is -3.97. The Labute approximate surface area is 214 Å². The fourth-order valence-corrected chi connectivity index (χ4v) is 4.79. The Morgan fingerprint density at radius 3 is 2.42 bits per heavy atom. The summed E-state index contributed by atoms with van der Waals surface area (Å²) in [6, 6.07) is 18.9. The number of rotatable bonds is 6. The number of ether oxygens (including phenoxy) is 2. The van der Waals surface area contributed by atoms with E-state index in [9.17, 15) is 4.79 Å². The molecule has 0 radical (unpaired) electrons. The number of amides is 1. The van der Waals surface area contributed by atoms with Crippen molar-refractivity contribution in [1.29, 1.82) is 0 Å². The van der Waals surface area contributed by atoms with Crippen LogP contribution in [0.2, 0.25) is 5.02 Å². The van der Waals surface area contributed by atoms with Crippen LogP contribution >= 0.6 is 11.6 Å². The summed E-state index contributed by atoms with van der Waals surface area (Å²) in [5.74, 6) is 1.67. The Morgan fingerprint density at radius 2 is 1.81 bits per heavy atom. The van der Waals surface area contributed by atoms with E-state index in [0.717, 1.165) is 33.5 Å². The van der Waals surface area contributed by atoms with Crippen molar-refractivity contribution in [3.05, 3.63) is 88.6 Å². The molecule has 1 atom stereocenters. The molecule has 0 unspecified atom stereocenters. The highest BCUT2D eigenvalue weighted by molar-refractivity contribution is 6.30. The van der Waals surface area contributed by atoms with Crippen LogP contribution in [-0.2, 0) is 11.2 Å². The van der Waals surface area contributed by atoms with E-state index in [-0.39, 0.29) is 24.5 Å². The summed E-state index contributed by atoms with van der Waals surface area (Å²) in [6.07, 6.45) is 1.97. The Bertz CT molecular complexity index is 1400. The fourth-order valence-electron chi connectivity index (χ4n) is 4.66. The van der Waals surface area contributed by atoms with E-state index in [4.69, 9.17) is 26.8 Å². The molecule has 0 fully saturated rings. The lowest BCUT2D eigenvalue weighted by atomic mass is 9.86. The van der Waals surface area contributed by atoms with Gasteiger partial charge in [0.25, 0.3) is 0 Å². The molecular formula is C28H27ClN4O3. The SMILES string of the molecule is COc1cc2c(cc1OC(C)C)[C@H](c1ccc(Cl)cc1)N(c1ccc(-c3c[nH]nc3N)cc1)C(=O)C2. The monoisotopic (exact) mass is 502 g/mol. The Balaban J connectivity index is 1.64. The summed E-state index contributed by atoms with van der Waals surface area (Å²) in [4.78, 5) is 15.5. The van der Waals surface area contributed by atoms with Crippen molar-refractivity contribution in [3.63, 3.8) is 0 Å². The molecule has 4 aromatic rings. The first kappa shape index (κ1) is 23.8. The van der Waals surface area contributed by atoms with Crippen molar-refractivity contribution in [2.75, 3.05) is 17.7 Å². The number of carbonyl (C=O) groups excluding carboxylic acids is 1. The number of hydrogen-bond acceptors (Lipinski definition) is 5. The normalized spacial score (nSPS) is 15.2. The van der Waals surface area contributed by atoms with Gasteiger partial charge in [-0.05, 0) is 72.5 Å². The van der Waals surface area contributed by atoms with Crippen molar-refractivity contribution in [3.8, 4) is 22.6 Å². The summed E-state index contributed by atoms with van der Waals surface area (Å²) in [5, 5.41) is 7.41. The Kier molecular flexibility index (Phi) is 6.33. The second-order valence-electron chi connectivity index (χ2n) is 8.99. The maximum atomic E-state index is 13.6. The molecule has 1 aliphatic heterocycles. The number of methoxy groups -OCH3 is 1. The van der Waals surface area contributed by atoms with E-state index in [2.05, 4.69) is 10.2 Å². The summed E-state index contributed by atoms with van der Waals surface area (Å²) < 4.78 is 11.7. The minimum atomic E-state index is -0.372. The zero-order chi connectivity index (χ0) is 25.4. The van der Waals surface area contributed by atoms with Gasteiger partial charge in [-0.3, -0.25) is 9.89 Å². The molecule has 3 N–H and O–H groups in total. The molecule has 0 aliphatic carbocycles. The predicted octanol–water partition coefficient (Wildman–Crippen LogP) is 5.79. The van der Waals surface area contributed by atoms with Crippen LogP contribution in [0.1, 0.15) is 36.6 Å². The number of aromatic nitrogens is 2. The second-order valence-corrected chi connectivity index (χ2v) is 9.43. The van der Waals surface area contributed by atoms with Crippen molar-refractivity contribution >= 4 is 29.0 Å².